The molecule has 14 atom stereocenters. The van der Waals surface area contributed by atoms with Crippen LogP contribution in [-0.2, 0) is 19.1 Å². The number of aliphatic hydroxyl groups excluding tert-OH is 2. The van der Waals surface area contributed by atoms with Crippen molar-refractivity contribution in [3.63, 3.8) is 0 Å². The minimum atomic E-state index is -0.473. The Morgan fingerprint density at radius 3 is 2.22 bits per heavy atom. The molecule has 0 radical (unpaired) electrons. The molecule has 0 aliphatic heterocycles. The summed E-state index contributed by atoms with van der Waals surface area (Å²) in [5.41, 5.74) is -0.391. The lowest BCUT2D eigenvalue weighted by molar-refractivity contribution is -0.210. The predicted octanol–water partition coefficient (Wildman–Crippen LogP) is 7.72. The maximum absolute atomic E-state index is 13.0. The lowest BCUT2D eigenvalue weighted by atomic mass is 9.43. The Kier molecular flexibility index (Phi) is 8.83. The molecule has 6 nitrogen and oxygen atoms in total. The molecule has 6 aliphatic rings. The van der Waals surface area contributed by atoms with Crippen LogP contribution in [0.3, 0.4) is 0 Å². The van der Waals surface area contributed by atoms with Crippen LogP contribution < -0.4 is 0 Å². The summed E-state index contributed by atoms with van der Waals surface area (Å²) in [6.45, 7) is 17.6. The molecular formula is C39H64O6. The van der Waals surface area contributed by atoms with Gasteiger partial charge < -0.3 is 19.7 Å². The van der Waals surface area contributed by atoms with Gasteiger partial charge in [0, 0.05) is 12.3 Å². The van der Waals surface area contributed by atoms with Gasteiger partial charge in [0.2, 0.25) is 0 Å². The summed E-state index contributed by atoms with van der Waals surface area (Å²) in [6.07, 6.45) is 11.0. The summed E-state index contributed by atoms with van der Waals surface area (Å²) in [4.78, 5) is 25.9. The maximum Gasteiger partial charge on any atom is 0.311 e. The van der Waals surface area contributed by atoms with Gasteiger partial charge in [0.05, 0.1) is 17.6 Å². The first-order chi connectivity index (χ1) is 21.0. The van der Waals surface area contributed by atoms with Gasteiger partial charge in [0.1, 0.15) is 12.2 Å². The predicted molar refractivity (Wildman–Crippen MR) is 175 cm³/mol. The highest BCUT2D eigenvalue weighted by Crippen LogP contribution is 2.68. The first-order valence-corrected chi connectivity index (χ1v) is 18.8. The summed E-state index contributed by atoms with van der Waals surface area (Å²) in [5, 5.41) is 23.8. The highest BCUT2D eigenvalue weighted by molar-refractivity contribution is 5.76. The third-order valence-electron chi connectivity index (χ3n) is 16.1. The molecule has 0 saturated heterocycles. The normalized spacial score (nSPS) is 47.4. The largest absolute Gasteiger partial charge is 0.462 e. The molecule has 0 heterocycles. The van der Waals surface area contributed by atoms with Crippen LogP contribution >= 0.6 is 0 Å². The molecule has 0 aromatic heterocycles. The van der Waals surface area contributed by atoms with Crippen molar-refractivity contribution in [2.75, 3.05) is 0 Å². The van der Waals surface area contributed by atoms with Crippen molar-refractivity contribution >= 4 is 11.9 Å². The molecule has 0 aromatic rings. The molecular weight excluding hydrogens is 564 g/mol. The Bertz CT molecular complexity index is 1130. The Hall–Kier alpha value is -1.14. The number of hydrogen-bond donors (Lipinski definition) is 2. The highest BCUT2D eigenvalue weighted by atomic mass is 16.5. The SMILES string of the molecule is CCC(C)(C)C(=O)OC1CCC2(C)C(C1)CC(O)C1C2CC(O)C2(C)C(C(C)CCC(=O)OC3CC4CCC3C4(C)C)CCC12. The smallest absolute Gasteiger partial charge is 0.311 e. The van der Waals surface area contributed by atoms with Gasteiger partial charge in [0.15, 0.2) is 0 Å². The van der Waals surface area contributed by atoms with Gasteiger partial charge in [-0.1, -0.05) is 41.5 Å². The molecule has 6 fully saturated rings. The van der Waals surface area contributed by atoms with Gasteiger partial charge >= 0.3 is 11.9 Å². The molecule has 256 valence electrons. The van der Waals surface area contributed by atoms with E-state index in [9.17, 15) is 19.8 Å². The molecule has 14 unspecified atom stereocenters. The van der Waals surface area contributed by atoms with Crippen LogP contribution in [0.15, 0.2) is 0 Å². The van der Waals surface area contributed by atoms with E-state index in [4.69, 9.17) is 9.47 Å². The summed E-state index contributed by atoms with van der Waals surface area (Å²) >= 11 is 0. The third kappa shape index (κ3) is 5.42. The Balaban J connectivity index is 1.09. The van der Waals surface area contributed by atoms with Crippen LogP contribution in [0.25, 0.3) is 0 Å². The molecule has 2 N–H and O–H groups in total. The van der Waals surface area contributed by atoms with Gasteiger partial charge in [-0.25, -0.2) is 0 Å². The van der Waals surface area contributed by atoms with E-state index in [2.05, 4.69) is 34.6 Å². The van der Waals surface area contributed by atoms with Gasteiger partial charge in [-0.15, -0.1) is 0 Å². The van der Waals surface area contributed by atoms with E-state index in [0.717, 1.165) is 64.2 Å². The van der Waals surface area contributed by atoms with Crippen molar-refractivity contribution < 1.29 is 29.3 Å². The lowest BCUT2D eigenvalue weighted by Crippen LogP contribution is -2.62. The first kappa shape index (κ1) is 33.7. The second-order valence-corrected chi connectivity index (χ2v) is 18.6. The fraction of sp³-hybridized carbons (Fsp3) is 0.949. The van der Waals surface area contributed by atoms with E-state index in [1.165, 1.54) is 12.8 Å². The van der Waals surface area contributed by atoms with Crippen molar-refractivity contribution in [2.24, 2.45) is 69.0 Å². The summed E-state index contributed by atoms with van der Waals surface area (Å²) < 4.78 is 12.1. The number of ether oxygens (including phenoxy) is 2. The van der Waals surface area contributed by atoms with Crippen molar-refractivity contribution in [1.82, 2.24) is 0 Å². The van der Waals surface area contributed by atoms with Crippen LogP contribution in [0, 0.1) is 69.0 Å². The lowest BCUT2D eigenvalue weighted by Gasteiger charge is -2.63. The van der Waals surface area contributed by atoms with E-state index in [-0.39, 0.29) is 58.8 Å². The monoisotopic (exact) mass is 628 g/mol. The van der Waals surface area contributed by atoms with Gasteiger partial charge in [-0.2, -0.15) is 0 Å². The number of aliphatic hydroxyl groups is 2. The zero-order valence-electron chi connectivity index (χ0n) is 29.6. The second kappa shape index (κ2) is 11.8. The van der Waals surface area contributed by atoms with Gasteiger partial charge in [-0.3, -0.25) is 9.59 Å². The molecule has 6 saturated carbocycles. The topological polar surface area (TPSA) is 93.1 Å². The quantitative estimate of drug-likeness (QED) is 0.268. The van der Waals surface area contributed by atoms with E-state index in [1.807, 2.05) is 20.8 Å². The van der Waals surface area contributed by atoms with E-state index >= 15 is 0 Å². The molecule has 6 rings (SSSR count). The van der Waals surface area contributed by atoms with Gasteiger partial charge in [0.25, 0.3) is 0 Å². The number of carbonyl (C=O) groups is 2. The molecule has 0 amide bonds. The number of hydrogen-bond acceptors (Lipinski definition) is 6. The Morgan fingerprint density at radius 2 is 1.58 bits per heavy atom. The van der Waals surface area contributed by atoms with Crippen LogP contribution in [0.1, 0.15) is 139 Å². The minimum Gasteiger partial charge on any atom is -0.462 e. The first-order valence-electron chi connectivity index (χ1n) is 18.8. The second-order valence-electron chi connectivity index (χ2n) is 18.6. The molecule has 45 heavy (non-hydrogen) atoms. The van der Waals surface area contributed by atoms with Crippen molar-refractivity contribution in [1.29, 1.82) is 0 Å². The fourth-order valence-corrected chi connectivity index (χ4v) is 12.5. The van der Waals surface area contributed by atoms with Crippen molar-refractivity contribution in [2.45, 2.75) is 163 Å². The average Bonchev–Trinajstić information content (AvgIpc) is 3.57. The summed E-state index contributed by atoms with van der Waals surface area (Å²) in [7, 11) is 0. The van der Waals surface area contributed by atoms with Crippen molar-refractivity contribution in [3.05, 3.63) is 0 Å². The van der Waals surface area contributed by atoms with Crippen LogP contribution in [-0.4, -0.2) is 46.6 Å². The molecule has 6 aliphatic carbocycles. The average molecular weight is 629 g/mol. The standard InChI is InChI=1S/C39H64O6/c1-9-36(3,4)35(43)44-25-16-17-38(7)24(18-25)19-30(40)34-28-14-13-26(39(28,8)32(41)21-29(34)38)22(2)10-15-33(42)45-31-20-23-11-12-27(31)37(23,5)6/h22-32,34,40-41H,9-21H2,1-8H3. The summed E-state index contributed by atoms with van der Waals surface area (Å²) in [6, 6.07) is 0. The molecule has 6 heteroatoms. The van der Waals surface area contributed by atoms with E-state index in [1.54, 1.807) is 0 Å². The summed E-state index contributed by atoms with van der Waals surface area (Å²) in [5.74, 6) is 2.75. The zero-order valence-corrected chi connectivity index (χ0v) is 29.6. The maximum atomic E-state index is 13.0. The molecule has 0 spiro atoms. The number of rotatable bonds is 8. The third-order valence-corrected chi connectivity index (χ3v) is 16.1. The molecule has 2 bridgehead atoms. The number of carbonyl (C=O) groups excluding carboxylic acids is 2. The van der Waals surface area contributed by atoms with Crippen LogP contribution in [0.2, 0.25) is 0 Å². The Labute approximate surface area is 273 Å². The van der Waals surface area contributed by atoms with Gasteiger partial charge in [-0.05, 0) is 149 Å². The zero-order chi connectivity index (χ0) is 32.7. The number of esters is 2. The fourth-order valence-electron chi connectivity index (χ4n) is 12.5. The highest BCUT2D eigenvalue weighted by Gasteiger charge is 2.66. The Morgan fingerprint density at radius 1 is 0.867 bits per heavy atom. The van der Waals surface area contributed by atoms with Crippen LogP contribution in [0.5, 0.6) is 0 Å². The van der Waals surface area contributed by atoms with E-state index in [0.29, 0.717) is 41.4 Å². The number of fused-ring (bicyclic) bond motifs is 7. The minimum absolute atomic E-state index is 0.0388. The molecule has 0 aromatic carbocycles. The van der Waals surface area contributed by atoms with Crippen LogP contribution in [0.4, 0.5) is 0 Å². The van der Waals surface area contributed by atoms with Crippen molar-refractivity contribution in [3.8, 4) is 0 Å². The van der Waals surface area contributed by atoms with E-state index < -0.39 is 11.5 Å².